The Morgan fingerprint density at radius 3 is 3.00 bits per heavy atom. The van der Waals surface area contributed by atoms with E-state index in [4.69, 9.17) is 4.74 Å². The summed E-state index contributed by atoms with van der Waals surface area (Å²) in [4.78, 5) is 11.9. The third-order valence-electron chi connectivity index (χ3n) is 3.12. The van der Waals surface area contributed by atoms with Gasteiger partial charge < -0.3 is 10.1 Å². The Morgan fingerprint density at radius 2 is 2.41 bits per heavy atom. The summed E-state index contributed by atoms with van der Waals surface area (Å²) in [5.41, 5.74) is 0. The monoisotopic (exact) mass is 257 g/mol. The van der Waals surface area contributed by atoms with E-state index in [1.807, 2.05) is 0 Å². The van der Waals surface area contributed by atoms with Crippen LogP contribution in [0.1, 0.15) is 25.7 Å². The van der Waals surface area contributed by atoms with Gasteiger partial charge >= 0.3 is 0 Å². The van der Waals surface area contributed by atoms with E-state index in [-0.39, 0.29) is 17.9 Å². The fourth-order valence-corrected chi connectivity index (χ4v) is 2.44. The zero-order valence-electron chi connectivity index (χ0n) is 10.8. The minimum atomic E-state index is 0.144. The second kappa shape index (κ2) is 8.59. The van der Waals surface area contributed by atoms with Crippen molar-refractivity contribution in [3.8, 4) is 0 Å². The molecule has 1 aliphatic rings. The maximum absolute atomic E-state index is 11.9. The highest BCUT2D eigenvalue weighted by atomic mass is 32.2. The number of hydrogen-bond donors (Lipinski definition) is 1. The number of methoxy groups -OCH3 is 1. The summed E-state index contributed by atoms with van der Waals surface area (Å²) < 4.78 is 5.35. The van der Waals surface area contributed by atoms with Gasteiger partial charge in [0.15, 0.2) is 0 Å². The summed E-state index contributed by atoms with van der Waals surface area (Å²) >= 11 is 1.81. The van der Waals surface area contributed by atoms with Crippen molar-refractivity contribution in [1.82, 2.24) is 5.32 Å². The molecule has 4 heteroatoms. The van der Waals surface area contributed by atoms with Crippen LogP contribution in [0.15, 0.2) is 12.2 Å². The highest BCUT2D eigenvalue weighted by Crippen LogP contribution is 2.18. The molecule has 17 heavy (non-hydrogen) atoms. The number of carbonyl (C=O) groups is 1. The van der Waals surface area contributed by atoms with Crippen LogP contribution in [0.2, 0.25) is 0 Å². The zero-order chi connectivity index (χ0) is 12.5. The van der Waals surface area contributed by atoms with Crippen LogP contribution in [-0.4, -0.2) is 37.7 Å². The molecule has 3 nitrogen and oxygen atoms in total. The Morgan fingerprint density at radius 1 is 1.59 bits per heavy atom. The molecule has 0 bridgehead atoms. The first-order valence-electron chi connectivity index (χ1n) is 6.22. The van der Waals surface area contributed by atoms with Gasteiger partial charge in [-0.1, -0.05) is 12.2 Å². The predicted molar refractivity (Wildman–Crippen MR) is 73.3 cm³/mol. The van der Waals surface area contributed by atoms with E-state index in [1.54, 1.807) is 18.9 Å². The Labute approximate surface area is 108 Å². The molecule has 2 atom stereocenters. The first-order chi connectivity index (χ1) is 8.27. The predicted octanol–water partition coefficient (Wildman–Crippen LogP) is 2.23. The maximum Gasteiger partial charge on any atom is 0.223 e. The molecule has 0 heterocycles. The fraction of sp³-hybridized carbons (Fsp3) is 0.769. The molecule has 0 saturated heterocycles. The van der Waals surface area contributed by atoms with Gasteiger partial charge in [0.2, 0.25) is 5.91 Å². The lowest BCUT2D eigenvalue weighted by atomic mass is 9.93. The molecule has 0 spiro atoms. The number of amides is 1. The van der Waals surface area contributed by atoms with Gasteiger partial charge in [0.05, 0.1) is 6.10 Å². The molecule has 98 valence electrons. The van der Waals surface area contributed by atoms with E-state index in [2.05, 4.69) is 23.7 Å². The lowest BCUT2D eigenvalue weighted by Gasteiger charge is -2.20. The average Bonchev–Trinajstić information content (AvgIpc) is 2.39. The molecule has 1 rings (SSSR count). The van der Waals surface area contributed by atoms with Crippen LogP contribution in [0.5, 0.6) is 0 Å². The van der Waals surface area contributed by atoms with Gasteiger partial charge in [-0.05, 0) is 37.7 Å². The van der Waals surface area contributed by atoms with E-state index in [0.717, 1.165) is 31.4 Å². The van der Waals surface area contributed by atoms with Crippen LogP contribution in [0, 0.1) is 5.92 Å². The van der Waals surface area contributed by atoms with Crippen molar-refractivity contribution in [2.45, 2.75) is 31.8 Å². The third-order valence-corrected chi connectivity index (χ3v) is 3.77. The van der Waals surface area contributed by atoms with Crippen LogP contribution in [0.25, 0.3) is 0 Å². The largest absolute Gasteiger partial charge is 0.380 e. The minimum absolute atomic E-state index is 0.144. The number of rotatable bonds is 7. The van der Waals surface area contributed by atoms with Gasteiger partial charge in [-0.15, -0.1) is 0 Å². The number of allylic oxidation sites excluding steroid dienone is 2. The van der Waals surface area contributed by atoms with Gasteiger partial charge in [-0.3, -0.25) is 4.79 Å². The summed E-state index contributed by atoms with van der Waals surface area (Å²) in [5, 5.41) is 3.01. The number of ether oxygens (including phenoxy) is 1. The maximum atomic E-state index is 11.9. The SMILES string of the molecule is COC(CCSC)CNC(=O)C1CC=CCC1. The first kappa shape index (κ1) is 14.6. The Hall–Kier alpha value is -0.480. The summed E-state index contributed by atoms with van der Waals surface area (Å²) in [6.07, 6.45) is 10.4. The molecule has 0 aromatic rings. The van der Waals surface area contributed by atoms with Gasteiger partial charge in [0.1, 0.15) is 0 Å². The van der Waals surface area contributed by atoms with E-state index in [1.165, 1.54) is 0 Å². The van der Waals surface area contributed by atoms with Crippen LogP contribution >= 0.6 is 11.8 Å². The summed E-state index contributed by atoms with van der Waals surface area (Å²) in [7, 11) is 1.71. The van der Waals surface area contributed by atoms with Crippen molar-refractivity contribution in [3.63, 3.8) is 0 Å². The second-order valence-electron chi connectivity index (χ2n) is 4.37. The quantitative estimate of drug-likeness (QED) is 0.711. The van der Waals surface area contributed by atoms with Crippen molar-refractivity contribution in [3.05, 3.63) is 12.2 Å². The molecule has 1 N–H and O–H groups in total. The molecule has 0 fully saturated rings. The molecule has 0 saturated carbocycles. The van der Waals surface area contributed by atoms with Crippen molar-refractivity contribution in [1.29, 1.82) is 0 Å². The van der Waals surface area contributed by atoms with Crippen LogP contribution < -0.4 is 5.32 Å². The van der Waals surface area contributed by atoms with Crippen LogP contribution in [-0.2, 0) is 9.53 Å². The molecule has 0 aromatic heterocycles. The Kier molecular flexibility index (Phi) is 7.37. The van der Waals surface area contributed by atoms with E-state index in [9.17, 15) is 4.79 Å². The van der Waals surface area contributed by atoms with Crippen molar-refractivity contribution >= 4 is 17.7 Å². The summed E-state index contributed by atoms with van der Waals surface area (Å²) in [6.45, 7) is 0.635. The molecule has 2 unspecified atom stereocenters. The van der Waals surface area contributed by atoms with E-state index >= 15 is 0 Å². The molecule has 1 amide bonds. The first-order valence-corrected chi connectivity index (χ1v) is 7.61. The van der Waals surface area contributed by atoms with Gasteiger partial charge in [-0.25, -0.2) is 0 Å². The normalized spacial score (nSPS) is 21.2. The average molecular weight is 257 g/mol. The number of nitrogens with one attached hydrogen (secondary N) is 1. The van der Waals surface area contributed by atoms with Gasteiger partial charge in [-0.2, -0.15) is 11.8 Å². The van der Waals surface area contributed by atoms with Crippen LogP contribution in [0.4, 0.5) is 0 Å². The number of hydrogen-bond acceptors (Lipinski definition) is 3. The third kappa shape index (κ3) is 5.59. The minimum Gasteiger partial charge on any atom is -0.380 e. The van der Waals surface area contributed by atoms with Crippen molar-refractivity contribution in [2.24, 2.45) is 5.92 Å². The van der Waals surface area contributed by atoms with Crippen molar-refractivity contribution in [2.75, 3.05) is 25.7 Å². The summed E-state index contributed by atoms with van der Waals surface area (Å²) in [6, 6.07) is 0. The smallest absolute Gasteiger partial charge is 0.223 e. The second-order valence-corrected chi connectivity index (χ2v) is 5.35. The Balaban J connectivity index is 2.23. The summed E-state index contributed by atoms with van der Waals surface area (Å²) in [5.74, 6) is 1.42. The highest BCUT2D eigenvalue weighted by molar-refractivity contribution is 7.98. The standard InChI is InChI=1S/C13H23NO2S/c1-16-12(8-9-17-2)10-14-13(15)11-6-4-3-5-7-11/h3-4,11-12H,5-10H2,1-2H3,(H,14,15). The Bertz CT molecular complexity index is 256. The molecular formula is C13H23NO2S. The van der Waals surface area contributed by atoms with E-state index in [0.29, 0.717) is 6.54 Å². The lowest BCUT2D eigenvalue weighted by Crippen LogP contribution is -2.37. The molecule has 0 radical (unpaired) electrons. The number of thioether (sulfide) groups is 1. The molecule has 0 aromatic carbocycles. The number of carbonyl (C=O) groups excluding carboxylic acids is 1. The lowest BCUT2D eigenvalue weighted by molar-refractivity contribution is -0.125. The van der Waals surface area contributed by atoms with E-state index < -0.39 is 0 Å². The molecule has 1 aliphatic carbocycles. The molecule has 0 aliphatic heterocycles. The fourth-order valence-electron chi connectivity index (χ4n) is 1.94. The van der Waals surface area contributed by atoms with Gasteiger partial charge in [0.25, 0.3) is 0 Å². The highest BCUT2D eigenvalue weighted by Gasteiger charge is 2.19. The van der Waals surface area contributed by atoms with Crippen molar-refractivity contribution < 1.29 is 9.53 Å². The van der Waals surface area contributed by atoms with Gasteiger partial charge in [0, 0.05) is 19.6 Å². The zero-order valence-corrected chi connectivity index (χ0v) is 11.6. The topological polar surface area (TPSA) is 38.3 Å². The molecular weight excluding hydrogens is 234 g/mol. The van der Waals surface area contributed by atoms with Crippen LogP contribution in [0.3, 0.4) is 0 Å².